The first kappa shape index (κ1) is 113. The standard InChI is InChI=1S/C64H108N16O18.3C2HF3O2.C2H6/c1-12-36(10)45-58(91)77-46(37(11)82)57(90)70-30-44(83)75-48(51(85)62(95)68-21-22-80-23-25-97-26-24-80)60(93)74-43(31-81)63(96)98-52(38-17-14-13-15-18-38)49(79-56(89)42(29-34(6)7)72-53(86)39(65)27-32(2)3)61(94)78-47(50(84)35(8)9)59(92)73-41(28-33(4)5)55(88)71-40(54(87)76-45)19-16-20-69-64(66)67;3*3-2(4,5)1(6)7;1-2/h13-15,17-18,32-37,39-43,45-52,81-82,84-85H,12,16,19-31,65H2,1-11H3,(H,68,95)(H,70,90)(H,71,88)(H,72,86)(H,73,92)(H,74,93)(H,75,83)(H,76,87)(H,77,91)(H,78,94)(H,79,89)(H4,66,67,69);3*(H,6,7);1-2H3/t36-,37-,39+,40+,41-,42-,43-,45-,46-,47-,48-,49-,50+,51-,52+;;;;/m0..../s1. The van der Waals surface area contributed by atoms with E-state index in [-0.39, 0.29) is 87.4 Å². The number of rotatable bonds is 26. The van der Waals surface area contributed by atoms with Crippen LogP contribution < -0.4 is 75.7 Å². The average molecular weight is 1760 g/mol. The zero-order valence-electron chi connectivity index (χ0n) is 69.1. The number of guanidine groups is 1. The van der Waals surface area contributed by atoms with Crippen molar-refractivity contribution in [3.8, 4) is 0 Å². The molecule has 0 spiro atoms. The lowest BCUT2D eigenvalue weighted by atomic mass is 9.95. The first-order valence-electron chi connectivity index (χ1n) is 38.1. The molecule has 2 fully saturated rings. The van der Waals surface area contributed by atoms with Gasteiger partial charge in [-0.15, -0.1) is 0 Å². The van der Waals surface area contributed by atoms with Crippen LogP contribution in [0.2, 0.25) is 0 Å². The number of morpholine rings is 1. The lowest BCUT2D eigenvalue weighted by molar-refractivity contribution is -0.193. The van der Waals surface area contributed by atoms with Crippen LogP contribution in [0.3, 0.4) is 0 Å². The van der Waals surface area contributed by atoms with Crippen LogP contribution in [0.5, 0.6) is 0 Å². The highest BCUT2D eigenvalue weighted by atomic mass is 19.4. The van der Waals surface area contributed by atoms with Crippen LogP contribution in [0.15, 0.2) is 35.3 Å². The second-order valence-electron chi connectivity index (χ2n) is 28.8. The molecule has 0 bridgehead atoms. The van der Waals surface area contributed by atoms with Gasteiger partial charge in [0, 0.05) is 32.7 Å². The number of alkyl halides is 9. The monoisotopic (exact) mass is 1760 g/mol. The van der Waals surface area contributed by atoms with E-state index in [9.17, 15) is 113 Å². The summed E-state index contributed by atoms with van der Waals surface area (Å²) >= 11 is 0. The lowest BCUT2D eigenvalue weighted by Gasteiger charge is -2.34. The van der Waals surface area contributed by atoms with Crippen molar-refractivity contribution in [3.05, 3.63) is 35.9 Å². The maximum absolute atomic E-state index is 15.5. The first-order valence-corrected chi connectivity index (χ1v) is 38.1. The summed E-state index contributed by atoms with van der Waals surface area (Å²) in [7, 11) is 0. The number of esters is 1. The number of benzene rings is 1. The Morgan fingerprint density at radius 2 is 1.07 bits per heavy atom. The van der Waals surface area contributed by atoms with Gasteiger partial charge in [-0.3, -0.25) is 62.6 Å². The lowest BCUT2D eigenvalue weighted by Crippen LogP contribution is -2.64. The van der Waals surface area contributed by atoms with E-state index in [4.69, 9.17) is 56.4 Å². The zero-order chi connectivity index (χ0) is 93.9. The van der Waals surface area contributed by atoms with Gasteiger partial charge < -0.3 is 121 Å². The molecule has 3 rings (SSSR count). The van der Waals surface area contributed by atoms with Gasteiger partial charge >= 0.3 is 42.4 Å². The van der Waals surface area contributed by atoms with Crippen LogP contribution in [0.1, 0.15) is 140 Å². The number of hydrogen-bond acceptors (Lipinski definition) is 24. The van der Waals surface area contributed by atoms with Crippen molar-refractivity contribution in [3.63, 3.8) is 0 Å². The van der Waals surface area contributed by atoms with Crippen molar-refractivity contribution >= 4 is 94.8 Å². The highest BCUT2D eigenvalue weighted by molar-refractivity contribution is 6.00. The third kappa shape index (κ3) is 44.1. The van der Waals surface area contributed by atoms with Crippen molar-refractivity contribution in [2.45, 2.75) is 232 Å². The third-order valence-electron chi connectivity index (χ3n) is 17.0. The number of nitrogens with two attached hydrogens (primary N) is 3. The van der Waals surface area contributed by atoms with Gasteiger partial charge in [0.2, 0.25) is 59.1 Å². The average Bonchev–Trinajstić information content (AvgIpc) is 0.809. The summed E-state index contributed by atoms with van der Waals surface area (Å²) in [5.74, 6) is -24.9. The highest BCUT2D eigenvalue weighted by Gasteiger charge is 2.45. The minimum absolute atomic E-state index is 0.0467. The molecule has 121 heavy (non-hydrogen) atoms. The minimum atomic E-state index is -5.08. The topological polar surface area (TPSA) is 642 Å². The number of nitrogens with zero attached hydrogens (tertiary/aromatic N) is 2. The molecule has 0 unspecified atom stereocenters. The number of aliphatic hydroxyl groups excluding tert-OH is 4. The van der Waals surface area contributed by atoms with Gasteiger partial charge in [-0.05, 0) is 74.2 Å². The van der Waals surface area contributed by atoms with E-state index in [1.807, 2.05) is 32.6 Å². The molecule has 0 aliphatic carbocycles. The Balaban J connectivity index is 0. The smallest absolute Gasteiger partial charge is 0.475 e. The largest absolute Gasteiger partial charge is 0.490 e. The second kappa shape index (κ2) is 55.5. The van der Waals surface area contributed by atoms with Crippen LogP contribution in [0.4, 0.5) is 39.5 Å². The molecule has 0 aromatic heterocycles. The summed E-state index contributed by atoms with van der Waals surface area (Å²) in [6.07, 6.45) is -23.2. The van der Waals surface area contributed by atoms with E-state index in [0.29, 0.717) is 26.3 Å². The molecule has 0 saturated carbocycles. The van der Waals surface area contributed by atoms with Crippen molar-refractivity contribution in [2.75, 3.05) is 59.1 Å². The van der Waals surface area contributed by atoms with Gasteiger partial charge in [0.1, 0.15) is 48.3 Å². The molecule has 49 heteroatoms. The molecule has 2 aliphatic heterocycles. The molecule has 1 aromatic carbocycles. The molecule has 0 radical (unpaired) electrons. The Morgan fingerprint density at radius 1 is 0.595 bits per heavy atom. The number of carbonyl (C=O) groups is 15. The van der Waals surface area contributed by atoms with Gasteiger partial charge in [0.15, 0.2) is 24.2 Å². The van der Waals surface area contributed by atoms with Crippen LogP contribution in [-0.4, -0.2) is 292 Å². The summed E-state index contributed by atoms with van der Waals surface area (Å²) in [6, 6.07) is -10.6. The van der Waals surface area contributed by atoms with Crippen molar-refractivity contribution < 1.29 is 157 Å². The van der Waals surface area contributed by atoms with Crippen molar-refractivity contribution in [1.29, 1.82) is 0 Å². The number of amides is 11. The number of ether oxygens (including phenoxy) is 2. The molecule has 692 valence electrons. The number of nitrogens with one attached hydrogen (secondary N) is 11. The van der Waals surface area contributed by atoms with Crippen molar-refractivity contribution in [1.82, 2.24) is 63.4 Å². The first-order chi connectivity index (χ1) is 55.9. The summed E-state index contributed by atoms with van der Waals surface area (Å²) < 4.78 is 107. The van der Waals surface area contributed by atoms with E-state index in [1.165, 1.54) is 44.2 Å². The van der Waals surface area contributed by atoms with E-state index in [0.717, 1.165) is 6.92 Å². The fourth-order valence-corrected chi connectivity index (χ4v) is 10.5. The number of hydrogen-bond donors (Lipinski definition) is 21. The number of carboxylic acid groups (broad SMARTS) is 3. The summed E-state index contributed by atoms with van der Waals surface area (Å²) in [5.41, 5.74) is 17.4. The van der Waals surface area contributed by atoms with Crippen LogP contribution in [0, 0.1) is 29.6 Å². The fourth-order valence-electron chi connectivity index (χ4n) is 10.5. The molecule has 40 nitrogen and oxygen atoms in total. The molecule has 2 heterocycles. The van der Waals surface area contributed by atoms with Gasteiger partial charge in [-0.2, -0.15) is 39.5 Å². The Bertz CT molecular complexity index is 3460. The molecule has 2 saturated heterocycles. The Hall–Kier alpha value is -10.4. The van der Waals surface area contributed by atoms with E-state index < -0.39 is 217 Å². The van der Waals surface area contributed by atoms with E-state index in [1.54, 1.807) is 41.5 Å². The van der Waals surface area contributed by atoms with Crippen LogP contribution >= 0.6 is 0 Å². The van der Waals surface area contributed by atoms with E-state index in [2.05, 4.69) is 63.5 Å². The Labute approximate surface area is 691 Å². The van der Waals surface area contributed by atoms with Crippen LogP contribution in [-0.2, 0) is 81.4 Å². The quantitative estimate of drug-likeness (QED) is 0.0149. The number of carbonyl (C=O) groups excluding carboxylic acids is 12. The number of aliphatic hydroxyl groups is 4. The molecule has 15 atom stereocenters. The zero-order valence-corrected chi connectivity index (χ0v) is 69.1. The number of cyclic esters (lactones) is 1. The number of aliphatic carboxylic acids is 3. The number of halogens is 9. The van der Waals surface area contributed by atoms with Crippen molar-refractivity contribution in [2.24, 2.45) is 51.8 Å². The molecule has 11 amide bonds. The maximum atomic E-state index is 15.5. The Morgan fingerprint density at radius 3 is 1.53 bits per heavy atom. The summed E-state index contributed by atoms with van der Waals surface area (Å²) in [6.45, 7) is 21.5. The molecule has 24 N–H and O–H groups in total. The minimum Gasteiger partial charge on any atom is -0.475 e. The molecule has 2 aliphatic rings. The summed E-state index contributed by atoms with van der Waals surface area (Å²) in [4.78, 5) is 206. The highest BCUT2D eigenvalue weighted by Crippen LogP contribution is 2.26. The second-order valence-corrected chi connectivity index (χ2v) is 28.8. The van der Waals surface area contributed by atoms with Gasteiger partial charge in [0.25, 0.3) is 5.91 Å². The fraction of sp³-hybridized carbons (Fsp3) is 0.694. The predicted molar refractivity (Wildman–Crippen MR) is 410 cm³/mol. The SMILES string of the molecule is CC.CC[C@H](C)[C@@H]1NC(=O)[C@@H](CCCN=C(N)N)NC(=O)[C@H](CC(C)C)NC(=O)[C@H]([C@H](O)C(C)C)NC(=O)[C@@H](NC(=O)[C@H](CC(C)C)NC(=O)[C@H](N)CC(C)C)[C@@H](c2ccccc2)OC(=O)[C@H](CO)NC(=O)[C@H]([C@H](O)C(=O)NCCN2CCOCC2)NC(=O)CNC(=O)[C@H]([C@H](C)O)NC1=O.O=C(O)C(F)(F)F.O=C(O)C(F)(F)F.O=C(O)C(F)(F)F. The van der Waals surface area contributed by atoms with Crippen LogP contribution in [0.25, 0.3) is 0 Å². The normalized spacial score (nSPS) is 22.1. The molecule has 1 aromatic rings. The third-order valence-corrected chi connectivity index (χ3v) is 17.0. The maximum Gasteiger partial charge on any atom is 0.490 e. The predicted octanol–water partition coefficient (Wildman–Crippen LogP) is -2.55. The molecular formula is C72H117F9N16O24. The molecular weight excluding hydrogens is 1640 g/mol. The number of carboxylic acids is 3. The number of aliphatic imine (C=N–C) groups is 1. The van der Waals surface area contributed by atoms with Gasteiger partial charge in [-0.25, -0.2) is 19.2 Å². The van der Waals surface area contributed by atoms with E-state index >= 15 is 4.79 Å². The van der Waals surface area contributed by atoms with Gasteiger partial charge in [-0.1, -0.05) is 120 Å². The summed E-state index contributed by atoms with van der Waals surface area (Å²) in [5, 5.41) is 93.7. The Kier molecular flexibility index (Phi) is 51.7. The van der Waals surface area contributed by atoms with Gasteiger partial charge in [0.05, 0.1) is 44.6 Å².